The fraction of sp³-hybridized carbons (Fsp3) is 0.450. The SMILES string of the molecule is Cc1ccccc1OC[C@H]1CCCN(C(=O)CCn2ccc(=O)[nH]c2=O)C1. The number of aromatic amines is 1. The fourth-order valence-corrected chi connectivity index (χ4v) is 3.35. The van der Waals surface area contributed by atoms with Gasteiger partial charge in [-0.2, -0.15) is 0 Å². The van der Waals surface area contributed by atoms with Crippen molar-refractivity contribution in [2.24, 2.45) is 5.92 Å². The lowest BCUT2D eigenvalue weighted by Gasteiger charge is -2.33. The highest BCUT2D eigenvalue weighted by Gasteiger charge is 2.24. The number of benzene rings is 1. The van der Waals surface area contributed by atoms with Crippen LogP contribution in [0.2, 0.25) is 0 Å². The molecule has 3 rings (SSSR count). The van der Waals surface area contributed by atoms with Crippen molar-refractivity contribution >= 4 is 5.91 Å². The van der Waals surface area contributed by atoms with Crippen molar-refractivity contribution in [2.45, 2.75) is 32.7 Å². The van der Waals surface area contributed by atoms with Crippen LogP contribution in [0.4, 0.5) is 0 Å². The monoisotopic (exact) mass is 371 g/mol. The zero-order valence-electron chi connectivity index (χ0n) is 15.5. The molecule has 7 nitrogen and oxygen atoms in total. The van der Waals surface area contributed by atoms with Gasteiger partial charge in [0.15, 0.2) is 0 Å². The number of ether oxygens (including phenoxy) is 1. The first-order valence-electron chi connectivity index (χ1n) is 9.29. The normalized spacial score (nSPS) is 16.9. The number of hydrogen-bond acceptors (Lipinski definition) is 4. The molecule has 1 aliphatic heterocycles. The Bertz CT molecular complexity index is 902. The van der Waals surface area contributed by atoms with Crippen LogP contribution < -0.4 is 16.0 Å². The highest BCUT2D eigenvalue weighted by Crippen LogP contribution is 2.21. The van der Waals surface area contributed by atoms with E-state index in [4.69, 9.17) is 4.74 Å². The maximum absolute atomic E-state index is 12.5. The summed E-state index contributed by atoms with van der Waals surface area (Å²) < 4.78 is 7.29. The minimum absolute atomic E-state index is 0.0219. The van der Waals surface area contributed by atoms with Gasteiger partial charge in [-0.25, -0.2) is 4.79 Å². The van der Waals surface area contributed by atoms with Gasteiger partial charge in [0.05, 0.1) is 6.61 Å². The minimum atomic E-state index is -0.488. The van der Waals surface area contributed by atoms with Gasteiger partial charge >= 0.3 is 5.69 Å². The van der Waals surface area contributed by atoms with Crippen LogP contribution in [0.3, 0.4) is 0 Å². The van der Waals surface area contributed by atoms with E-state index in [0.29, 0.717) is 19.1 Å². The largest absolute Gasteiger partial charge is 0.493 e. The van der Waals surface area contributed by atoms with E-state index in [1.165, 1.54) is 16.8 Å². The number of nitrogens with zero attached hydrogens (tertiary/aromatic N) is 2. The quantitative estimate of drug-likeness (QED) is 0.835. The summed E-state index contributed by atoms with van der Waals surface area (Å²) >= 11 is 0. The molecule has 0 spiro atoms. The molecule has 27 heavy (non-hydrogen) atoms. The smallest absolute Gasteiger partial charge is 0.328 e. The number of carbonyl (C=O) groups excluding carboxylic acids is 1. The molecule has 0 saturated carbocycles. The molecule has 1 aliphatic rings. The van der Waals surface area contributed by atoms with Crippen LogP contribution in [0.5, 0.6) is 5.75 Å². The predicted molar refractivity (Wildman–Crippen MR) is 102 cm³/mol. The summed E-state index contributed by atoms with van der Waals surface area (Å²) in [4.78, 5) is 39.4. The summed E-state index contributed by atoms with van der Waals surface area (Å²) in [5.74, 6) is 1.21. The third-order valence-electron chi connectivity index (χ3n) is 4.90. The van der Waals surface area contributed by atoms with Gasteiger partial charge in [0.25, 0.3) is 5.56 Å². The molecule has 0 unspecified atom stereocenters. The van der Waals surface area contributed by atoms with E-state index in [-0.39, 0.29) is 18.9 Å². The number of carbonyl (C=O) groups is 1. The van der Waals surface area contributed by atoms with Crippen LogP contribution in [0.1, 0.15) is 24.8 Å². The van der Waals surface area contributed by atoms with Crippen molar-refractivity contribution < 1.29 is 9.53 Å². The first-order chi connectivity index (χ1) is 13.0. The van der Waals surface area contributed by atoms with E-state index in [0.717, 1.165) is 30.7 Å². The number of amides is 1. The van der Waals surface area contributed by atoms with Gasteiger partial charge in [-0.15, -0.1) is 0 Å². The number of nitrogens with one attached hydrogen (secondary N) is 1. The standard InChI is InChI=1S/C20H25N3O4/c1-15-5-2-3-7-17(15)27-14-16-6-4-10-23(13-16)19(25)9-12-22-11-8-18(24)21-20(22)26/h2-3,5,7-8,11,16H,4,6,9-10,12-14H2,1H3,(H,21,24,26)/t16-/m0/s1. The summed E-state index contributed by atoms with van der Waals surface area (Å²) in [5.41, 5.74) is 0.182. The maximum Gasteiger partial charge on any atom is 0.328 e. The number of aryl methyl sites for hydroxylation is 2. The molecule has 1 amide bonds. The molecule has 0 radical (unpaired) electrons. The summed E-state index contributed by atoms with van der Waals surface area (Å²) in [5, 5.41) is 0. The highest BCUT2D eigenvalue weighted by atomic mass is 16.5. The molecular formula is C20H25N3O4. The van der Waals surface area contributed by atoms with E-state index in [9.17, 15) is 14.4 Å². The lowest BCUT2D eigenvalue weighted by atomic mass is 9.98. The van der Waals surface area contributed by atoms with Crippen molar-refractivity contribution in [1.82, 2.24) is 14.5 Å². The molecule has 0 bridgehead atoms. The van der Waals surface area contributed by atoms with Crippen LogP contribution in [-0.2, 0) is 11.3 Å². The van der Waals surface area contributed by atoms with Gasteiger partial charge in [-0.05, 0) is 31.4 Å². The van der Waals surface area contributed by atoms with Gasteiger partial charge in [0, 0.05) is 44.2 Å². The fourth-order valence-electron chi connectivity index (χ4n) is 3.35. The van der Waals surface area contributed by atoms with Crippen molar-refractivity contribution in [3.05, 3.63) is 62.9 Å². The van der Waals surface area contributed by atoms with Crippen molar-refractivity contribution in [1.29, 1.82) is 0 Å². The van der Waals surface area contributed by atoms with E-state index >= 15 is 0 Å². The predicted octanol–water partition coefficient (Wildman–Crippen LogP) is 1.55. The van der Waals surface area contributed by atoms with Crippen LogP contribution in [0, 0.1) is 12.8 Å². The zero-order chi connectivity index (χ0) is 19.2. The zero-order valence-corrected chi connectivity index (χ0v) is 15.5. The van der Waals surface area contributed by atoms with E-state index < -0.39 is 11.2 Å². The Labute approximate surface area is 157 Å². The lowest BCUT2D eigenvalue weighted by molar-refractivity contribution is -0.133. The Morgan fingerprint density at radius 2 is 2.07 bits per heavy atom. The average molecular weight is 371 g/mol. The third-order valence-corrected chi connectivity index (χ3v) is 4.90. The average Bonchev–Trinajstić information content (AvgIpc) is 2.67. The summed E-state index contributed by atoms with van der Waals surface area (Å²) in [6.07, 6.45) is 3.64. The molecule has 7 heteroatoms. The second-order valence-electron chi connectivity index (χ2n) is 6.98. The number of rotatable bonds is 6. The molecule has 144 valence electrons. The molecule has 1 saturated heterocycles. The van der Waals surface area contributed by atoms with Gasteiger partial charge in [-0.1, -0.05) is 18.2 Å². The first-order valence-corrected chi connectivity index (χ1v) is 9.29. The number of para-hydroxylation sites is 1. The second kappa shape index (κ2) is 8.70. The van der Waals surface area contributed by atoms with Gasteiger partial charge < -0.3 is 14.2 Å². The molecule has 1 fully saturated rings. The topological polar surface area (TPSA) is 84.4 Å². The molecule has 1 aromatic heterocycles. The number of piperidine rings is 1. The van der Waals surface area contributed by atoms with Crippen molar-refractivity contribution in [2.75, 3.05) is 19.7 Å². The van der Waals surface area contributed by atoms with Crippen LogP contribution in [-0.4, -0.2) is 40.1 Å². The van der Waals surface area contributed by atoms with E-state index in [1.54, 1.807) is 0 Å². The van der Waals surface area contributed by atoms with E-state index in [1.807, 2.05) is 36.1 Å². The van der Waals surface area contributed by atoms with Gasteiger partial charge in [-0.3, -0.25) is 14.6 Å². The Morgan fingerprint density at radius 3 is 2.85 bits per heavy atom. The highest BCUT2D eigenvalue weighted by molar-refractivity contribution is 5.76. The molecule has 1 aromatic carbocycles. The second-order valence-corrected chi connectivity index (χ2v) is 6.98. The summed E-state index contributed by atoms with van der Waals surface area (Å²) in [6, 6.07) is 9.20. The van der Waals surface area contributed by atoms with Crippen LogP contribution >= 0.6 is 0 Å². The summed E-state index contributed by atoms with van der Waals surface area (Å²) in [6.45, 7) is 4.28. The van der Waals surface area contributed by atoms with Crippen LogP contribution in [0.25, 0.3) is 0 Å². The minimum Gasteiger partial charge on any atom is -0.493 e. The molecule has 1 atom stereocenters. The van der Waals surface area contributed by atoms with Gasteiger partial charge in [0.1, 0.15) is 5.75 Å². The molecule has 0 aliphatic carbocycles. The number of likely N-dealkylation sites (tertiary alicyclic amines) is 1. The molecular weight excluding hydrogens is 346 g/mol. The number of hydrogen-bond donors (Lipinski definition) is 1. The number of aromatic nitrogens is 2. The lowest BCUT2D eigenvalue weighted by Crippen LogP contribution is -2.42. The Kier molecular flexibility index (Phi) is 6.11. The Hall–Kier alpha value is -2.83. The maximum atomic E-state index is 12.5. The third kappa shape index (κ3) is 5.09. The Balaban J connectivity index is 1.51. The van der Waals surface area contributed by atoms with Crippen molar-refractivity contribution in [3.63, 3.8) is 0 Å². The number of H-pyrrole nitrogens is 1. The van der Waals surface area contributed by atoms with Crippen molar-refractivity contribution in [3.8, 4) is 5.75 Å². The molecule has 2 heterocycles. The molecule has 2 aromatic rings. The molecule has 1 N–H and O–H groups in total. The van der Waals surface area contributed by atoms with Crippen LogP contribution in [0.15, 0.2) is 46.1 Å². The van der Waals surface area contributed by atoms with E-state index in [2.05, 4.69) is 4.98 Å². The Morgan fingerprint density at radius 1 is 1.26 bits per heavy atom. The summed E-state index contributed by atoms with van der Waals surface area (Å²) in [7, 11) is 0. The first kappa shape index (κ1) is 18.9. The van der Waals surface area contributed by atoms with Gasteiger partial charge in [0.2, 0.25) is 5.91 Å².